The number of amides is 2. The zero-order valence-electron chi connectivity index (χ0n) is 20.8. The molecular weight excluding hydrogens is 471 g/mol. The lowest BCUT2D eigenvalue weighted by Crippen LogP contribution is -2.52. The molecule has 2 aromatic rings. The number of aliphatic imine (C=N–C) groups is 1. The Morgan fingerprint density at radius 1 is 1.00 bits per heavy atom. The van der Waals surface area contributed by atoms with E-state index < -0.39 is 23.2 Å². The molecule has 0 unspecified atom stereocenters. The fourth-order valence-corrected chi connectivity index (χ4v) is 3.90. The molecular formula is C26H32F3N5O2. The smallest absolute Gasteiger partial charge is 0.354 e. The van der Waals surface area contributed by atoms with Gasteiger partial charge in [-0.2, -0.15) is 13.2 Å². The zero-order chi connectivity index (χ0) is 26.3. The first-order valence-electron chi connectivity index (χ1n) is 12.0. The number of rotatable bonds is 7. The van der Waals surface area contributed by atoms with Gasteiger partial charge in [0.1, 0.15) is 11.2 Å². The molecule has 1 aromatic carbocycles. The average Bonchev–Trinajstić information content (AvgIpc) is 2.87. The molecule has 1 aliphatic heterocycles. The van der Waals surface area contributed by atoms with Gasteiger partial charge in [-0.3, -0.25) is 19.6 Å². The quantitative estimate of drug-likeness (QED) is 0.352. The number of carbonyl (C=O) groups is 2. The number of nitrogens with zero attached hydrogens (tertiary/aromatic N) is 4. The first-order chi connectivity index (χ1) is 17.0. The molecule has 0 bridgehead atoms. The van der Waals surface area contributed by atoms with Crippen LogP contribution in [-0.4, -0.2) is 70.7 Å². The van der Waals surface area contributed by atoms with Gasteiger partial charge in [-0.25, -0.2) is 0 Å². The van der Waals surface area contributed by atoms with Crippen LogP contribution in [0.1, 0.15) is 55.2 Å². The molecule has 2 amide bonds. The van der Waals surface area contributed by atoms with Crippen LogP contribution in [0, 0.1) is 0 Å². The highest BCUT2D eigenvalue weighted by Gasteiger charge is 2.37. The molecule has 194 valence electrons. The molecule has 0 saturated carbocycles. The van der Waals surface area contributed by atoms with Crippen LogP contribution in [0.5, 0.6) is 0 Å². The average molecular weight is 504 g/mol. The van der Waals surface area contributed by atoms with E-state index in [2.05, 4.69) is 10.3 Å². The molecule has 1 fully saturated rings. The Morgan fingerprint density at radius 3 is 2.25 bits per heavy atom. The number of nitrogens with one attached hydrogen (secondary N) is 1. The van der Waals surface area contributed by atoms with Crippen molar-refractivity contribution in [2.45, 2.75) is 45.3 Å². The molecule has 0 spiro atoms. The van der Waals surface area contributed by atoms with Crippen LogP contribution in [0.15, 0.2) is 53.7 Å². The summed E-state index contributed by atoms with van der Waals surface area (Å²) in [6.45, 7) is 7.15. The Labute approximate surface area is 209 Å². The number of hydrogen-bond donors (Lipinski definition) is 1. The molecule has 3 rings (SSSR count). The summed E-state index contributed by atoms with van der Waals surface area (Å²) in [4.78, 5) is 38.3. The second-order valence-electron chi connectivity index (χ2n) is 9.14. The van der Waals surface area contributed by atoms with Crippen molar-refractivity contribution in [3.05, 3.63) is 65.5 Å². The van der Waals surface area contributed by atoms with Gasteiger partial charge in [0, 0.05) is 38.9 Å². The van der Waals surface area contributed by atoms with Gasteiger partial charge >= 0.3 is 6.18 Å². The number of carbonyl (C=O) groups excluding carboxylic acids is 2. The van der Waals surface area contributed by atoms with Gasteiger partial charge in [0.15, 0.2) is 5.84 Å². The fourth-order valence-electron chi connectivity index (χ4n) is 3.90. The standard InChI is InChI=1S/C26H32F3N5O2/c1-4-5-13-31-24(36)25(2,3)32-22(21-12-8-9-14-30-21)33-15-17-34(18-16-33)23(35)19-10-6-7-11-20(19)26(27,28)29/h6-12,14H,4-5,13,15-18H2,1-3H3,(H,31,36). The van der Waals surface area contributed by atoms with Gasteiger partial charge in [0.2, 0.25) is 5.91 Å². The van der Waals surface area contributed by atoms with Crippen molar-refractivity contribution in [3.8, 4) is 0 Å². The normalized spacial score (nSPS) is 15.1. The largest absolute Gasteiger partial charge is 0.417 e. The van der Waals surface area contributed by atoms with Crippen LogP contribution in [-0.2, 0) is 11.0 Å². The molecule has 0 atom stereocenters. The van der Waals surface area contributed by atoms with Crippen LogP contribution in [0.3, 0.4) is 0 Å². The Hall–Kier alpha value is -3.43. The molecule has 0 radical (unpaired) electrons. The van der Waals surface area contributed by atoms with Crippen molar-refractivity contribution < 1.29 is 22.8 Å². The predicted octanol–water partition coefficient (Wildman–Crippen LogP) is 4.00. The van der Waals surface area contributed by atoms with E-state index in [0.717, 1.165) is 18.9 Å². The van der Waals surface area contributed by atoms with Gasteiger partial charge in [-0.15, -0.1) is 0 Å². The third-order valence-electron chi connectivity index (χ3n) is 5.98. The number of aromatic nitrogens is 1. The van der Waals surface area contributed by atoms with Gasteiger partial charge < -0.3 is 15.1 Å². The maximum atomic E-state index is 13.4. The minimum Gasteiger partial charge on any atom is -0.354 e. The van der Waals surface area contributed by atoms with E-state index in [0.29, 0.717) is 31.2 Å². The summed E-state index contributed by atoms with van der Waals surface area (Å²) in [7, 11) is 0. The molecule has 36 heavy (non-hydrogen) atoms. The maximum absolute atomic E-state index is 13.4. The van der Waals surface area contributed by atoms with E-state index in [9.17, 15) is 22.8 Å². The van der Waals surface area contributed by atoms with E-state index >= 15 is 0 Å². The summed E-state index contributed by atoms with van der Waals surface area (Å²) in [5.74, 6) is -0.356. The fraction of sp³-hybridized carbons (Fsp3) is 0.462. The van der Waals surface area contributed by atoms with Gasteiger partial charge in [0.05, 0.1) is 11.1 Å². The van der Waals surface area contributed by atoms with Gasteiger partial charge in [0.25, 0.3) is 5.91 Å². The minimum atomic E-state index is -4.61. The summed E-state index contributed by atoms with van der Waals surface area (Å²) in [6, 6.07) is 10.2. The molecule has 0 aliphatic carbocycles. The highest BCUT2D eigenvalue weighted by atomic mass is 19.4. The van der Waals surface area contributed by atoms with Crippen molar-refractivity contribution in [2.24, 2.45) is 4.99 Å². The highest BCUT2D eigenvalue weighted by molar-refractivity contribution is 6.00. The summed E-state index contributed by atoms with van der Waals surface area (Å²) >= 11 is 0. The van der Waals surface area contributed by atoms with Crippen LogP contribution < -0.4 is 5.32 Å². The Bertz CT molecular complexity index is 1080. The Balaban J connectivity index is 1.80. The van der Waals surface area contributed by atoms with Crippen LogP contribution in [0.4, 0.5) is 13.2 Å². The summed E-state index contributed by atoms with van der Waals surface area (Å²) in [5.41, 5.74) is -1.79. The number of piperazine rings is 1. The lowest BCUT2D eigenvalue weighted by atomic mass is 10.0. The Kier molecular flexibility index (Phi) is 8.70. The third-order valence-corrected chi connectivity index (χ3v) is 5.98. The molecule has 1 aliphatic rings. The number of pyridine rings is 1. The predicted molar refractivity (Wildman–Crippen MR) is 132 cm³/mol. The van der Waals surface area contributed by atoms with E-state index in [-0.39, 0.29) is 24.6 Å². The van der Waals surface area contributed by atoms with E-state index in [1.54, 1.807) is 32.2 Å². The first-order valence-corrected chi connectivity index (χ1v) is 12.0. The zero-order valence-corrected chi connectivity index (χ0v) is 20.8. The van der Waals surface area contributed by atoms with Crippen molar-refractivity contribution in [1.82, 2.24) is 20.1 Å². The topological polar surface area (TPSA) is 77.9 Å². The van der Waals surface area contributed by atoms with Crippen molar-refractivity contribution >= 4 is 17.6 Å². The number of halogens is 3. The van der Waals surface area contributed by atoms with Crippen LogP contribution in [0.25, 0.3) is 0 Å². The SMILES string of the molecule is CCCCNC(=O)C(C)(C)N=C(c1ccccn1)N1CCN(C(=O)c2ccccc2C(F)(F)F)CC1. The Morgan fingerprint density at radius 2 is 1.64 bits per heavy atom. The monoisotopic (exact) mass is 503 g/mol. The third kappa shape index (κ3) is 6.61. The summed E-state index contributed by atoms with van der Waals surface area (Å²) < 4.78 is 40.3. The van der Waals surface area contributed by atoms with Crippen molar-refractivity contribution in [3.63, 3.8) is 0 Å². The highest BCUT2D eigenvalue weighted by Crippen LogP contribution is 2.32. The van der Waals surface area contributed by atoms with E-state index in [1.165, 1.54) is 23.1 Å². The van der Waals surface area contributed by atoms with E-state index in [4.69, 9.17) is 4.99 Å². The molecule has 1 aromatic heterocycles. The molecule has 2 heterocycles. The number of amidine groups is 1. The molecule has 10 heteroatoms. The number of alkyl halides is 3. The lowest BCUT2D eigenvalue weighted by molar-refractivity contribution is -0.138. The van der Waals surface area contributed by atoms with Gasteiger partial charge in [-0.1, -0.05) is 31.5 Å². The number of hydrogen-bond acceptors (Lipinski definition) is 4. The molecule has 7 nitrogen and oxygen atoms in total. The first kappa shape index (κ1) is 27.2. The molecule has 1 N–H and O–H groups in total. The lowest BCUT2D eigenvalue weighted by Gasteiger charge is -2.37. The summed E-state index contributed by atoms with van der Waals surface area (Å²) in [5, 5.41) is 2.91. The van der Waals surface area contributed by atoms with Crippen molar-refractivity contribution in [1.29, 1.82) is 0 Å². The van der Waals surface area contributed by atoms with Crippen LogP contribution >= 0.6 is 0 Å². The molecule has 1 saturated heterocycles. The van der Waals surface area contributed by atoms with E-state index in [1.807, 2.05) is 17.9 Å². The second kappa shape index (κ2) is 11.5. The minimum absolute atomic E-state index is 0.207. The maximum Gasteiger partial charge on any atom is 0.417 e. The van der Waals surface area contributed by atoms with Crippen LogP contribution in [0.2, 0.25) is 0 Å². The summed E-state index contributed by atoms with van der Waals surface area (Å²) in [6.07, 6.45) is -1.16. The number of unbranched alkanes of at least 4 members (excludes halogenated alkanes) is 1. The van der Waals surface area contributed by atoms with Gasteiger partial charge in [-0.05, 0) is 44.5 Å². The number of benzene rings is 1. The second-order valence-corrected chi connectivity index (χ2v) is 9.14. The van der Waals surface area contributed by atoms with Crippen molar-refractivity contribution in [2.75, 3.05) is 32.7 Å².